The minimum atomic E-state index is -0.164. The molecule has 4 aromatic rings. The van der Waals surface area contributed by atoms with E-state index in [1.54, 1.807) is 43.3 Å². The molecule has 4 rings (SSSR count). The third-order valence-electron chi connectivity index (χ3n) is 4.41. The van der Waals surface area contributed by atoms with Crippen LogP contribution < -0.4 is 4.74 Å². The number of furan rings is 1. The summed E-state index contributed by atoms with van der Waals surface area (Å²) in [4.78, 5) is 19.1. The van der Waals surface area contributed by atoms with E-state index in [1.807, 2.05) is 30.3 Å². The first-order chi connectivity index (χ1) is 13.6. The summed E-state index contributed by atoms with van der Waals surface area (Å²) < 4.78 is 16.4. The molecule has 0 spiro atoms. The van der Waals surface area contributed by atoms with Crippen molar-refractivity contribution >= 4 is 17.0 Å². The van der Waals surface area contributed by atoms with Crippen LogP contribution in [-0.4, -0.2) is 41.1 Å². The van der Waals surface area contributed by atoms with E-state index in [0.29, 0.717) is 47.0 Å². The van der Waals surface area contributed by atoms with Crippen molar-refractivity contribution in [3.8, 4) is 17.2 Å². The molecule has 0 radical (unpaired) electrons. The second-order valence-corrected chi connectivity index (χ2v) is 6.37. The van der Waals surface area contributed by atoms with Gasteiger partial charge in [0.25, 0.3) is 11.6 Å². The predicted molar refractivity (Wildman–Crippen MR) is 103 cm³/mol. The fraction of sp³-hybridized carbons (Fsp3) is 0.190. The highest BCUT2D eigenvalue weighted by molar-refractivity contribution is 6.06. The highest BCUT2D eigenvalue weighted by Gasteiger charge is 2.22. The number of carbonyl (C=O) groups is 1. The zero-order valence-corrected chi connectivity index (χ0v) is 15.6. The smallest absolute Gasteiger partial charge is 0.259 e. The van der Waals surface area contributed by atoms with Gasteiger partial charge < -0.3 is 18.6 Å². The Kier molecular flexibility index (Phi) is 4.80. The molecule has 0 bridgehead atoms. The van der Waals surface area contributed by atoms with Crippen molar-refractivity contribution in [2.24, 2.45) is 0 Å². The van der Waals surface area contributed by atoms with Gasteiger partial charge in [-0.05, 0) is 37.3 Å². The number of hydrogen-bond acceptors (Lipinski definition) is 6. The van der Waals surface area contributed by atoms with Crippen molar-refractivity contribution in [1.29, 1.82) is 0 Å². The number of likely N-dealkylation sites (N-methyl/N-ethyl adjacent to an activating group) is 1. The molecule has 0 aliphatic heterocycles. The average Bonchev–Trinajstić information content (AvgIpc) is 3.38. The third-order valence-corrected chi connectivity index (χ3v) is 4.41. The topological polar surface area (TPSA) is 81.6 Å². The van der Waals surface area contributed by atoms with Crippen LogP contribution in [0.3, 0.4) is 0 Å². The lowest BCUT2D eigenvalue weighted by Gasteiger charge is -2.18. The van der Waals surface area contributed by atoms with E-state index in [1.165, 1.54) is 0 Å². The molecule has 0 aliphatic rings. The lowest BCUT2D eigenvalue weighted by Crippen LogP contribution is -2.31. The summed E-state index contributed by atoms with van der Waals surface area (Å²) >= 11 is 0. The highest BCUT2D eigenvalue weighted by Crippen LogP contribution is 2.28. The minimum Gasteiger partial charge on any atom is -0.492 e. The van der Waals surface area contributed by atoms with Gasteiger partial charge in [-0.3, -0.25) is 4.79 Å². The molecular weight excluding hydrogens is 358 g/mol. The SMILES string of the molecule is Cc1noc2nc(-c3ccco3)cc(C(=O)N(C)CCOc3ccccc3)c12. The molecule has 3 heterocycles. The van der Waals surface area contributed by atoms with E-state index in [2.05, 4.69) is 10.1 Å². The minimum absolute atomic E-state index is 0.164. The number of rotatable bonds is 6. The molecule has 7 heteroatoms. The molecule has 3 aromatic heterocycles. The molecule has 0 saturated carbocycles. The van der Waals surface area contributed by atoms with E-state index in [9.17, 15) is 4.79 Å². The standard InChI is InChI=1S/C21H19N3O4/c1-14-19-16(13-17(18-9-6-11-27-18)22-20(19)28-23-14)21(25)24(2)10-12-26-15-7-4-3-5-8-15/h3-9,11,13H,10,12H2,1-2H3. The first-order valence-electron chi connectivity index (χ1n) is 8.87. The molecule has 142 valence electrons. The Morgan fingerprint density at radius 1 is 1.18 bits per heavy atom. The zero-order valence-electron chi connectivity index (χ0n) is 15.6. The van der Waals surface area contributed by atoms with Crippen molar-refractivity contribution < 1.29 is 18.5 Å². The van der Waals surface area contributed by atoms with Crippen LogP contribution in [0.2, 0.25) is 0 Å². The molecule has 0 aliphatic carbocycles. The number of benzene rings is 1. The van der Waals surface area contributed by atoms with Crippen molar-refractivity contribution in [3.63, 3.8) is 0 Å². The molecule has 28 heavy (non-hydrogen) atoms. The van der Waals surface area contributed by atoms with Crippen molar-refractivity contribution in [2.75, 3.05) is 20.2 Å². The number of amides is 1. The van der Waals surface area contributed by atoms with Gasteiger partial charge in [-0.25, -0.2) is 4.98 Å². The largest absolute Gasteiger partial charge is 0.492 e. The number of fused-ring (bicyclic) bond motifs is 1. The number of pyridine rings is 1. The van der Waals surface area contributed by atoms with Gasteiger partial charge in [0, 0.05) is 7.05 Å². The van der Waals surface area contributed by atoms with Gasteiger partial charge in [-0.15, -0.1) is 0 Å². The van der Waals surface area contributed by atoms with E-state index < -0.39 is 0 Å². The van der Waals surface area contributed by atoms with Gasteiger partial charge in [-0.2, -0.15) is 0 Å². The first kappa shape index (κ1) is 17.8. The van der Waals surface area contributed by atoms with Crippen molar-refractivity contribution in [1.82, 2.24) is 15.0 Å². The Hall–Kier alpha value is -3.61. The third kappa shape index (κ3) is 3.46. The van der Waals surface area contributed by atoms with Crippen LogP contribution in [0.5, 0.6) is 5.75 Å². The van der Waals surface area contributed by atoms with Crippen LogP contribution in [0.4, 0.5) is 0 Å². The van der Waals surface area contributed by atoms with Crippen LogP contribution in [-0.2, 0) is 0 Å². The molecule has 0 unspecified atom stereocenters. The number of ether oxygens (including phenoxy) is 1. The van der Waals surface area contributed by atoms with E-state index in [0.717, 1.165) is 5.75 Å². The van der Waals surface area contributed by atoms with Gasteiger partial charge in [0.2, 0.25) is 0 Å². The number of aryl methyl sites for hydroxylation is 1. The fourth-order valence-electron chi connectivity index (χ4n) is 2.94. The number of aromatic nitrogens is 2. The Labute approximate surface area is 161 Å². The molecule has 0 atom stereocenters. The number of hydrogen-bond donors (Lipinski definition) is 0. The summed E-state index contributed by atoms with van der Waals surface area (Å²) in [5.74, 6) is 1.16. The molecule has 1 aromatic carbocycles. The van der Waals surface area contributed by atoms with Crippen molar-refractivity contribution in [2.45, 2.75) is 6.92 Å². The predicted octanol–water partition coefficient (Wildman–Crippen LogP) is 3.94. The van der Waals surface area contributed by atoms with E-state index in [4.69, 9.17) is 13.7 Å². The average molecular weight is 377 g/mol. The van der Waals surface area contributed by atoms with Crippen LogP contribution in [0, 0.1) is 6.92 Å². The quantitative estimate of drug-likeness (QED) is 0.506. The number of carbonyl (C=O) groups excluding carboxylic acids is 1. The maximum atomic E-state index is 13.1. The molecule has 0 fully saturated rings. The van der Waals surface area contributed by atoms with Gasteiger partial charge in [0.05, 0.1) is 29.5 Å². The van der Waals surface area contributed by atoms with Crippen LogP contribution >= 0.6 is 0 Å². The monoisotopic (exact) mass is 377 g/mol. The summed E-state index contributed by atoms with van der Waals surface area (Å²) in [6.45, 7) is 2.60. The maximum Gasteiger partial charge on any atom is 0.259 e. The summed E-state index contributed by atoms with van der Waals surface area (Å²) in [6.07, 6.45) is 1.56. The van der Waals surface area contributed by atoms with Crippen LogP contribution in [0.15, 0.2) is 63.7 Å². The van der Waals surface area contributed by atoms with E-state index >= 15 is 0 Å². The molecular formula is C21H19N3O4. The fourth-order valence-corrected chi connectivity index (χ4v) is 2.94. The summed E-state index contributed by atoms with van der Waals surface area (Å²) in [5.41, 5.74) is 1.91. The second kappa shape index (κ2) is 7.56. The Bertz CT molecular complexity index is 1090. The second-order valence-electron chi connectivity index (χ2n) is 6.37. The lowest BCUT2D eigenvalue weighted by atomic mass is 10.1. The Morgan fingerprint density at radius 3 is 2.75 bits per heavy atom. The summed E-state index contributed by atoms with van der Waals surface area (Å²) in [6, 6.07) is 14.8. The summed E-state index contributed by atoms with van der Waals surface area (Å²) in [5, 5.41) is 4.57. The lowest BCUT2D eigenvalue weighted by molar-refractivity contribution is 0.0775. The molecule has 7 nitrogen and oxygen atoms in total. The molecule has 0 N–H and O–H groups in total. The maximum absolute atomic E-state index is 13.1. The van der Waals surface area contributed by atoms with Gasteiger partial charge in [-0.1, -0.05) is 23.4 Å². The van der Waals surface area contributed by atoms with Gasteiger partial charge in [0.15, 0.2) is 5.76 Å². The van der Waals surface area contributed by atoms with Gasteiger partial charge in [0.1, 0.15) is 18.1 Å². The Morgan fingerprint density at radius 2 is 2.00 bits per heavy atom. The van der Waals surface area contributed by atoms with Crippen molar-refractivity contribution in [3.05, 3.63) is 66.1 Å². The molecule has 0 saturated heterocycles. The van der Waals surface area contributed by atoms with Crippen LogP contribution in [0.25, 0.3) is 22.6 Å². The normalized spacial score (nSPS) is 10.9. The summed E-state index contributed by atoms with van der Waals surface area (Å²) in [7, 11) is 1.73. The first-order valence-corrected chi connectivity index (χ1v) is 8.87. The number of nitrogens with zero attached hydrogens (tertiary/aromatic N) is 3. The zero-order chi connectivity index (χ0) is 19.5. The number of para-hydroxylation sites is 1. The Balaban J connectivity index is 1.58. The van der Waals surface area contributed by atoms with E-state index in [-0.39, 0.29) is 5.91 Å². The van der Waals surface area contributed by atoms with Crippen LogP contribution in [0.1, 0.15) is 16.1 Å². The molecule has 1 amide bonds. The van der Waals surface area contributed by atoms with Gasteiger partial charge >= 0.3 is 0 Å². The highest BCUT2D eigenvalue weighted by atomic mass is 16.5.